The zero-order valence-corrected chi connectivity index (χ0v) is 22.4. The Labute approximate surface area is 211 Å². The Bertz CT molecular complexity index is 823. The average molecular weight is 485 g/mol. The van der Waals surface area contributed by atoms with Crippen LogP contribution in [0.4, 0.5) is 0 Å². The average Bonchev–Trinajstić information content (AvgIpc) is 2.85. The summed E-state index contributed by atoms with van der Waals surface area (Å²) in [5.41, 5.74) is 11.5. The van der Waals surface area contributed by atoms with Gasteiger partial charge in [-0.05, 0) is 31.9 Å². The monoisotopic (exact) mass is 484 g/mol. The summed E-state index contributed by atoms with van der Waals surface area (Å²) < 4.78 is 12.3. The zero-order chi connectivity index (χ0) is 24.4. The van der Waals surface area contributed by atoms with Crippen LogP contribution in [0.2, 0.25) is 0 Å². The number of benzene rings is 1. The van der Waals surface area contributed by atoms with Crippen LogP contribution in [-0.4, -0.2) is 23.7 Å². The number of aryl methyl sites for hydroxylation is 1. The molecule has 0 saturated carbocycles. The molecule has 1 aromatic rings. The van der Waals surface area contributed by atoms with E-state index in [1.165, 1.54) is 69.8 Å². The van der Waals surface area contributed by atoms with Crippen LogP contribution in [0.25, 0.3) is 5.53 Å². The van der Waals surface area contributed by atoms with E-state index in [4.69, 9.17) is 9.47 Å². The molecule has 0 atom stereocenters. The fourth-order valence-corrected chi connectivity index (χ4v) is 4.84. The maximum atomic E-state index is 9.66. The number of hydrogen-bond acceptors (Lipinski definition) is 3. The Morgan fingerprint density at radius 3 is 1.94 bits per heavy atom. The SMILES string of the molecule is CCCCCCCCOC1=CC(Sc2ccc(C)cc2)=C(OCCCCCCCC)CC1=[N+]=[N-]. The van der Waals surface area contributed by atoms with Gasteiger partial charge >= 0.3 is 5.71 Å². The van der Waals surface area contributed by atoms with Crippen LogP contribution in [0.1, 0.15) is 103 Å². The summed E-state index contributed by atoms with van der Waals surface area (Å²) in [6.45, 7) is 7.92. The molecule has 0 saturated heterocycles. The van der Waals surface area contributed by atoms with Crippen molar-refractivity contribution in [3.63, 3.8) is 0 Å². The smallest absolute Gasteiger partial charge is 0.340 e. The van der Waals surface area contributed by atoms with Crippen LogP contribution in [0, 0.1) is 6.92 Å². The molecule has 4 nitrogen and oxygen atoms in total. The minimum absolute atomic E-state index is 0.461. The van der Waals surface area contributed by atoms with Gasteiger partial charge in [-0.3, -0.25) is 0 Å². The summed E-state index contributed by atoms with van der Waals surface area (Å²) in [6, 6.07) is 8.53. The summed E-state index contributed by atoms with van der Waals surface area (Å²) in [5, 5.41) is 0. The summed E-state index contributed by atoms with van der Waals surface area (Å²) in [6.07, 6.45) is 17.1. The molecule has 1 aliphatic carbocycles. The molecule has 0 N–H and O–H groups in total. The Morgan fingerprint density at radius 2 is 1.35 bits per heavy atom. The molecule has 0 aromatic heterocycles. The van der Waals surface area contributed by atoms with E-state index in [2.05, 4.69) is 49.8 Å². The van der Waals surface area contributed by atoms with Crippen molar-refractivity contribution in [2.24, 2.45) is 0 Å². The Morgan fingerprint density at radius 1 is 0.794 bits per heavy atom. The topological polar surface area (TPSA) is 54.9 Å². The van der Waals surface area contributed by atoms with E-state index in [0.29, 0.717) is 31.1 Å². The first-order chi connectivity index (χ1) is 16.7. The van der Waals surface area contributed by atoms with Gasteiger partial charge in [0.2, 0.25) is 5.76 Å². The third kappa shape index (κ3) is 11.0. The first-order valence-corrected chi connectivity index (χ1v) is 14.2. The molecule has 0 bridgehead atoms. The number of hydrogen-bond donors (Lipinski definition) is 0. The largest absolute Gasteiger partial charge is 0.496 e. The number of nitrogens with zero attached hydrogens (tertiary/aromatic N) is 2. The molecule has 0 heterocycles. The summed E-state index contributed by atoms with van der Waals surface area (Å²) >= 11 is 1.69. The molecule has 0 amide bonds. The van der Waals surface area contributed by atoms with E-state index >= 15 is 0 Å². The second kappa shape index (κ2) is 17.5. The van der Waals surface area contributed by atoms with Crippen LogP contribution < -0.4 is 0 Å². The van der Waals surface area contributed by atoms with Crippen molar-refractivity contribution in [3.8, 4) is 0 Å². The second-order valence-corrected chi connectivity index (χ2v) is 10.3. The van der Waals surface area contributed by atoms with Gasteiger partial charge < -0.3 is 15.0 Å². The molecule has 2 rings (SSSR count). The Kier molecular flexibility index (Phi) is 14.5. The predicted octanol–water partition coefficient (Wildman–Crippen LogP) is 9.01. The molecule has 0 unspecified atom stereocenters. The van der Waals surface area contributed by atoms with E-state index in [0.717, 1.165) is 28.4 Å². The van der Waals surface area contributed by atoms with Crippen LogP contribution >= 0.6 is 11.8 Å². The van der Waals surface area contributed by atoms with Gasteiger partial charge in [0.05, 0.1) is 18.1 Å². The third-order valence-corrected chi connectivity index (χ3v) is 7.12. The predicted molar refractivity (Wildman–Crippen MR) is 144 cm³/mol. The highest BCUT2D eigenvalue weighted by Crippen LogP contribution is 2.36. The van der Waals surface area contributed by atoms with E-state index in [1.54, 1.807) is 11.8 Å². The number of unbranched alkanes of at least 4 members (excludes halogenated alkanes) is 10. The normalized spacial score (nSPS) is 13.6. The second-order valence-electron chi connectivity index (χ2n) is 9.17. The van der Waals surface area contributed by atoms with Gasteiger partial charge in [-0.25, -0.2) is 0 Å². The number of rotatable bonds is 18. The quantitative estimate of drug-likeness (QED) is 0.119. The molecule has 0 aliphatic heterocycles. The molecule has 1 aromatic carbocycles. The van der Waals surface area contributed by atoms with Crippen LogP contribution in [-0.2, 0) is 9.47 Å². The lowest BCUT2D eigenvalue weighted by atomic mass is 10.1. The highest BCUT2D eigenvalue weighted by atomic mass is 32.2. The van der Waals surface area contributed by atoms with Gasteiger partial charge in [0.25, 0.3) is 0 Å². The standard InChI is InChI=1S/C29H44N2O2S/c1-4-6-8-10-12-14-20-32-27-23-29(34-25-18-16-24(3)17-19-25)28(22-26(27)31-30)33-21-15-13-11-9-7-5-2/h16-19,23H,4-15,20-22H2,1-3H3. The van der Waals surface area contributed by atoms with Gasteiger partial charge in [0, 0.05) is 11.0 Å². The van der Waals surface area contributed by atoms with Crippen LogP contribution in [0.5, 0.6) is 0 Å². The van der Waals surface area contributed by atoms with Gasteiger partial charge in [-0.15, -0.1) is 0 Å². The van der Waals surface area contributed by atoms with Crippen molar-refractivity contribution >= 4 is 17.5 Å². The Hall–Kier alpha value is -1.97. The third-order valence-electron chi connectivity index (χ3n) is 6.05. The van der Waals surface area contributed by atoms with Gasteiger partial charge in [0.1, 0.15) is 12.2 Å². The number of allylic oxidation sites excluding steroid dienone is 3. The van der Waals surface area contributed by atoms with Crippen molar-refractivity contribution in [1.29, 1.82) is 0 Å². The maximum Gasteiger partial charge on any atom is 0.340 e. The van der Waals surface area contributed by atoms with Crippen molar-refractivity contribution in [2.45, 2.75) is 109 Å². The minimum Gasteiger partial charge on any atom is -0.496 e. The maximum absolute atomic E-state index is 9.66. The zero-order valence-electron chi connectivity index (χ0n) is 21.6. The van der Waals surface area contributed by atoms with Gasteiger partial charge in [-0.2, -0.15) is 4.79 Å². The van der Waals surface area contributed by atoms with Crippen LogP contribution in [0.3, 0.4) is 0 Å². The van der Waals surface area contributed by atoms with Crippen molar-refractivity contribution in [1.82, 2.24) is 0 Å². The molecule has 34 heavy (non-hydrogen) atoms. The first-order valence-electron chi connectivity index (χ1n) is 13.3. The van der Waals surface area contributed by atoms with E-state index in [1.807, 2.05) is 6.08 Å². The van der Waals surface area contributed by atoms with Crippen LogP contribution in [0.15, 0.2) is 51.7 Å². The molecule has 188 valence electrons. The van der Waals surface area contributed by atoms with Gasteiger partial charge in [-0.1, -0.05) is 108 Å². The van der Waals surface area contributed by atoms with E-state index < -0.39 is 0 Å². The lowest BCUT2D eigenvalue weighted by molar-refractivity contribution is -0.0138. The molecule has 5 heteroatoms. The number of thioether (sulfide) groups is 1. The molecule has 0 fully saturated rings. The fraction of sp³-hybridized carbons (Fsp3) is 0.621. The minimum atomic E-state index is 0.461. The lowest BCUT2D eigenvalue weighted by Crippen LogP contribution is -2.16. The van der Waals surface area contributed by atoms with Crippen molar-refractivity contribution in [2.75, 3.05) is 13.2 Å². The highest BCUT2D eigenvalue weighted by molar-refractivity contribution is 8.03. The summed E-state index contributed by atoms with van der Waals surface area (Å²) in [5.74, 6) is 1.54. The fourth-order valence-electron chi connectivity index (χ4n) is 3.90. The molecule has 0 spiro atoms. The molecule has 1 aliphatic rings. The van der Waals surface area contributed by atoms with E-state index in [9.17, 15) is 5.53 Å². The van der Waals surface area contributed by atoms with Crippen molar-refractivity contribution in [3.05, 3.63) is 57.9 Å². The molecular formula is C29H44N2O2S. The Balaban J connectivity index is 2.01. The number of ether oxygens (including phenoxy) is 2. The molecule has 0 radical (unpaired) electrons. The highest BCUT2D eigenvalue weighted by Gasteiger charge is 2.28. The first kappa shape index (κ1) is 28.3. The lowest BCUT2D eigenvalue weighted by Gasteiger charge is -2.19. The summed E-state index contributed by atoms with van der Waals surface area (Å²) in [7, 11) is 0. The molecular weight excluding hydrogens is 440 g/mol. The summed E-state index contributed by atoms with van der Waals surface area (Å²) in [4.78, 5) is 5.76. The van der Waals surface area contributed by atoms with Crippen molar-refractivity contribution < 1.29 is 14.3 Å². The van der Waals surface area contributed by atoms with E-state index in [-0.39, 0.29) is 0 Å². The van der Waals surface area contributed by atoms with Gasteiger partial charge in [0.15, 0.2) is 0 Å².